The second-order valence-electron chi connectivity index (χ2n) is 6.73. The maximum Gasteiger partial charge on any atom is 0.0900 e. The number of aryl methyl sites for hydroxylation is 2. The van der Waals surface area contributed by atoms with Crippen LogP contribution in [0.3, 0.4) is 0 Å². The van der Waals surface area contributed by atoms with Crippen LogP contribution in [-0.2, 0) is 0 Å². The van der Waals surface area contributed by atoms with Crippen LogP contribution in [0.4, 0.5) is 0 Å². The van der Waals surface area contributed by atoms with Crippen LogP contribution in [0, 0.1) is 25.2 Å². The lowest BCUT2D eigenvalue weighted by atomic mass is 9.91. The Kier molecular flexibility index (Phi) is 3.84. The van der Waals surface area contributed by atoms with E-state index in [1.54, 1.807) is 0 Å². The number of nitrogens with zero attached hydrogens (tertiary/aromatic N) is 1. The van der Waals surface area contributed by atoms with Gasteiger partial charge in [0.2, 0.25) is 0 Å². The first kappa shape index (κ1) is 14.0. The molecule has 0 bridgehead atoms. The second-order valence-corrected chi connectivity index (χ2v) is 7.96. The van der Waals surface area contributed by atoms with E-state index < -0.39 is 0 Å². The summed E-state index contributed by atoms with van der Waals surface area (Å²) in [7, 11) is 0. The van der Waals surface area contributed by atoms with Crippen molar-refractivity contribution in [1.82, 2.24) is 10.3 Å². The highest BCUT2D eigenvalue weighted by atomic mass is 32.1. The number of thiazole rings is 1. The molecule has 0 amide bonds. The van der Waals surface area contributed by atoms with Gasteiger partial charge in [-0.2, -0.15) is 0 Å². The highest BCUT2D eigenvalue weighted by Crippen LogP contribution is 2.41. The lowest BCUT2D eigenvalue weighted by Gasteiger charge is -2.23. The molecule has 0 saturated heterocycles. The SMILES string of the molecule is Cc1nc(C)c(C(C)NC2CC(C)(C)CC2C)s1. The molecule has 0 radical (unpaired) electrons. The van der Waals surface area contributed by atoms with Crippen LogP contribution < -0.4 is 5.32 Å². The molecule has 1 saturated carbocycles. The van der Waals surface area contributed by atoms with Gasteiger partial charge in [0.1, 0.15) is 0 Å². The van der Waals surface area contributed by atoms with E-state index in [0.29, 0.717) is 17.5 Å². The minimum absolute atomic E-state index is 0.428. The molecular formula is C15H26N2S. The quantitative estimate of drug-likeness (QED) is 0.885. The number of rotatable bonds is 3. The van der Waals surface area contributed by atoms with E-state index in [2.05, 4.69) is 51.8 Å². The molecule has 1 aromatic rings. The van der Waals surface area contributed by atoms with Crippen LogP contribution in [0.15, 0.2) is 0 Å². The lowest BCUT2D eigenvalue weighted by Crippen LogP contribution is -2.33. The fraction of sp³-hybridized carbons (Fsp3) is 0.800. The first-order valence-electron chi connectivity index (χ1n) is 6.98. The van der Waals surface area contributed by atoms with Crippen molar-refractivity contribution in [2.24, 2.45) is 11.3 Å². The van der Waals surface area contributed by atoms with E-state index in [-0.39, 0.29) is 0 Å². The van der Waals surface area contributed by atoms with Crippen molar-refractivity contribution in [3.8, 4) is 0 Å². The van der Waals surface area contributed by atoms with Gasteiger partial charge in [0.15, 0.2) is 0 Å². The third-order valence-electron chi connectivity index (χ3n) is 4.13. The minimum Gasteiger partial charge on any atom is -0.306 e. The van der Waals surface area contributed by atoms with Gasteiger partial charge in [-0.3, -0.25) is 0 Å². The molecule has 0 aromatic carbocycles. The first-order chi connectivity index (χ1) is 8.28. The van der Waals surface area contributed by atoms with Gasteiger partial charge >= 0.3 is 0 Å². The van der Waals surface area contributed by atoms with Gasteiger partial charge in [-0.15, -0.1) is 11.3 Å². The van der Waals surface area contributed by atoms with Crippen molar-refractivity contribution < 1.29 is 0 Å². The van der Waals surface area contributed by atoms with Crippen LogP contribution >= 0.6 is 11.3 Å². The Labute approximate surface area is 115 Å². The first-order valence-corrected chi connectivity index (χ1v) is 7.80. The zero-order valence-corrected chi connectivity index (χ0v) is 13.3. The molecule has 3 heteroatoms. The van der Waals surface area contributed by atoms with Gasteiger partial charge in [-0.25, -0.2) is 4.98 Å². The van der Waals surface area contributed by atoms with Crippen LogP contribution in [0.5, 0.6) is 0 Å². The van der Waals surface area contributed by atoms with Crippen molar-refractivity contribution >= 4 is 11.3 Å². The molecular weight excluding hydrogens is 240 g/mol. The number of aromatic nitrogens is 1. The van der Waals surface area contributed by atoms with E-state index >= 15 is 0 Å². The Morgan fingerprint density at radius 3 is 2.44 bits per heavy atom. The lowest BCUT2D eigenvalue weighted by molar-refractivity contribution is 0.356. The zero-order chi connectivity index (χ0) is 13.5. The molecule has 1 fully saturated rings. The normalized spacial score (nSPS) is 28.6. The molecule has 18 heavy (non-hydrogen) atoms. The standard InChI is InChI=1S/C15H26N2S/c1-9-7-15(5,6)8-13(9)17-11(3)14-10(2)16-12(4)18-14/h9,11,13,17H,7-8H2,1-6H3. The third-order valence-corrected chi connectivity index (χ3v) is 5.39. The third kappa shape index (κ3) is 2.94. The molecule has 1 aliphatic carbocycles. The molecule has 2 nitrogen and oxygen atoms in total. The maximum atomic E-state index is 4.53. The molecule has 2 rings (SSSR count). The molecule has 1 aliphatic rings. The predicted octanol–water partition coefficient (Wildman–Crippen LogP) is 4.24. The highest BCUT2D eigenvalue weighted by Gasteiger charge is 2.37. The molecule has 1 aromatic heterocycles. The van der Waals surface area contributed by atoms with Gasteiger partial charge < -0.3 is 5.32 Å². The van der Waals surface area contributed by atoms with Gasteiger partial charge in [-0.05, 0) is 44.9 Å². The molecule has 0 spiro atoms. The van der Waals surface area contributed by atoms with Gasteiger partial charge in [0.05, 0.1) is 10.7 Å². The number of hydrogen-bond donors (Lipinski definition) is 1. The average molecular weight is 266 g/mol. The summed E-state index contributed by atoms with van der Waals surface area (Å²) in [4.78, 5) is 5.94. The van der Waals surface area contributed by atoms with Crippen molar-refractivity contribution in [3.63, 3.8) is 0 Å². The summed E-state index contributed by atoms with van der Waals surface area (Å²) < 4.78 is 0. The Balaban J connectivity index is 2.04. The topological polar surface area (TPSA) is 24.9 Å². The smallest absolute Gasteiger partial charge is 0.0900 e. The molecule has 1 heterocycles. The van der Waals surface area contributed by atoms with Crippen LogP contribution in [0.2, 0.25) is 0 Å². The average Bonchev–Trinajstić information content (AvgIpc) is 2.66. The Hall–Kier alpha value is -0.410. The summed E-state index contributed by atoms with van der Waals surface area (Å²) in [6.07, 6.45) is 2.62. The summed E-state index contributed by atoms with van der Waals surface area (Å²) in [6, 6.07) is 1.08. The molecule has 3 unspecified atom stereocenters. The van der Waals surface area contributed by atoms with Crippen molar-refractivity contribution in [2.45, 2.75) is 66.5 Å². The van der Waals surface area contributed by atoms with Gasteiger partial charge in [0, 0.05) is 17.0 Å². The number of hydrogen-bond acceptors (Lipinski definition) is 3. The molecule has 1 N–H and O–H groups in total. The highest BCUT2D eigenvalue weighted by molar-refractivity contribution is 7.11. The van der Waals surface area contributed by atoms with Crippen LogP contribution in [0.1, 0.15) is 62.2 Å². The molecule has 0 aliphatic heterocycles. The fourth-order valence-corrected chi connectivity index (χ4v) is 4.40. The maximum absolute atomic E-state index is 4.53. The molecule has 3 atom stereocenters. The van der Waals surface area contributed by atoms with Crippen LogP contribution in [-0.4, -0.2) is 11.0 Å². The van der Waals surface area contributed by atoms with Crippen molar-refractivity contribution in [3.05, 3.63) is 15.6 Å². The monoisotopic (exact) mass is 266 g/mol. The number of nitrogens with one attached hydrogen (secondary N) is 1. The van der Waals surface area contributed by atoms with Crippen LogP contribution in [0.25, 0.3) is 0 Å². The minimum atomic E-state index is 0.428. The summed E-state index contributed by atoms with van der Waals surface area (Å²) in [5, 5.41) is 5.00. The Bertz CT molecular complexity index is 422. The van der Waals surface area contributed by atoms with Gasteiger partial charge in [-0.1, -0.05) is 20.8 Å². The van der Waals surface area contributed by atoms with Crippen molar-refractivity contribution in [1.29, 1.82) is 0 Å². The Morgan fingerprint density at radius 1 is 1.33 bits per heavy atom. The van der Waals surface area contributed by atoms with Crippen molar-refractivity contribution in [2.75, 3.05) is 0 Å². The summed E-state index contributed by atoms with van der Waals surface area (Å²) >= 11 is 1.83. The second kappa shape index (κ2) is 4.93. The van der Waals surface area contributed by atoms with E-state index in [9.17, 15) is 0 Å². The largest absolute Gasteiger partial charge is 0.306 e. The summed E-state index contributed by atoms with van der Waals surface area (Å²) in [5.74, 6) is 0.775. The van der Waals surface area contributed by atoms with E-state index in [1.165, 1.54) is 28.4 Å². The van der Waals surface area contributed by atoms with Gasteiger partial charge in [0.25, 0.3) is 0 Å². The fourth-order valence-electron chi connectivity index (χ4n) is 3.46. The van der Waals surface area contributed by atoms with E-state index in [1.807, 2.05) is 11.3 Å². The summed E-state index contributed by atoms with van der Waals surface area (Å²) in [6.45, 7) is 13.6. The predicted molar refractivity (Wildman–Crippen MR) is 79.1 cm³/mol. The summed E-state index contributed by atoms with van der Waals surface area (Å²) in [5.41, 5.74) is 1.69. The van der Waals surface area contributed by atoms with E-state index in [4.69, 9.17) is 0 Å². The Morgan fingerprint density at radius 2 is 2.00 bits per heavy atom. The zero-order valence-electron chi connectivity index (χ0n) is 12.5. The van der Waals surface area contributed by atoms with E-state index in [0.717, 1.165) is 5.92 Å². The molecule has 102 valence electrons.